The van der Waals surface area contributed by atoms with Crippen LogP contribution in [0.4, 0.5) is 0 Å². The van der Waals surface area contributed by atoms with Gasteiger partial charge in [-0.15, -0.1) is 0 Å². The minimum absolute atomic E-state index is 0.0600. The number of ether oxygens (including phenoxy) is 2. The number of rotatable bonds is 2. The SMILES string of the molecule is N=C(N)c1cccc(C2OCCO2)c1. The minimum atomic E-state index is -0.297. The molecule has 14 heavy (non-hydrogen) atoms. The molecule has 1 saturated heterocycles. The van der Waals surface area contributed by atoms with Crippen LogP contribution >= 0.6 is 0 Å². The lowest BCUT2D eigenvalue weighted by Gasteiger charge is -2.10. The van der Waals surface area contributed by atoms with Crippen LogP contribution in [0.3, 0.4) is 0 Å². The normalized spacial score (nSPS) is 17.1. The van der Waals surface area contributed by atoms with Crippen LogP contribution in [0.1, 0.15) is 17.4 Å². The molecule has 2 rings (SSSR count). The second-order valence-electron chi connectivity index (χ2n) is 3.11. The molecule has 0 spiro atoms. The van der Waals surface area contributed by atoms with E-state index >= 15 is 0 Å². The predicted octanol–water partition coefficient (Wildman–Crippen LogP) is 1.02. The molecule has 0 bridgehead atoms. The molecule has 74 valence electrons. The molecule has 0 aromatic heterocycles. The summed E-state index contributed by atoms with van der Waals surface area (Å²) in [7, 11) is 0. The van der Waals surface area contributed by atoms with Gasteiger partial charge in [-0.2, -0.15) is 0 Å². The van der Waals surface area contributed by atoms with Crippen molar-refractivity contribution >= 4 is 5.84 Å². The van der Waals surface area contributed by atoms with Crippen molar-refractivity contribution < 1.29 is 9.47 Å². The van der Waals surface area contributed by atoms with Crippen LogP contribution < -0.4 is 5.73 Å². The Morgan fingerprint density at radius 1 is 1.36 bits per heavy atom. The van der Waals surface area contributed by atoms with Gasteiger partial charge >= 0.3 is 0 Å². The molecule has 0 amide bonds. The van der Waals surface area contributed by atoms with Gasteiger partial charge in [0.25, 0.3) is 0 Å². The summed E-state index contributed by atoms with van der Waals surface area (Å²) in [6.07, 6.45) is -0.297. The van der Waals surface area contributed by atoms with Crippen molar-refractivity contribution in [1.82, 2.24) is 0 Å². The lowest BCUT2D eigenvalue weighted by molar-refractivity contribution is -0.0441. The Morgan fingerprint density at radius 3 is 2.71 bits per heavy atom. The van der Waals surface area contributed by atoms with Crippen molar-refractivity contribution in [1.29, 1.82) is 5.41 Å². The van der Waals surface area contributed by atoms with E-state index in [0.717, 1.165) is 5.56 Å². The van der Waals surface area contributed by atoms with Crippen LogP contribution in [-0.2, 0) is 9.47 Å². The van der Waals surface area contributed by atoms with E-state index in [2.05, 4.69) is 0 Å². The maximum absolute atomic E-state index is 7.30. The van der Waals surface area contributed by atoms with Crippen LogP contribution in [0.2, 0.25) is 0 Å². The predicted molar refractivity (Wildman–Crippen MR) is 52.1 cm³/mol. The van der Waals surface area contributed by atoms with Gasteiger partial charge in [0.05, 0.1) is 13.2 Å². The van der Waals surface area contributed by atoms with E-state index in [-0.39, 0.29) is 12.1 Å². The Labute approximate surface area is 82.1 Å². The molecule has 1 fully saturated rings. The highest BCUT2D eigenvalue weighted by Gasteiger charge is 2.18. The second-order valence-corrected chi connectivity index (χ2v) is 3.11. The third-order valence-corrected chi connectivity index (χ3v) is 2.09. The average molecular weight is 192 g/mol. The molecule has 1 heterocycles. The molecule has 0 saturated carbocycles. The Hall–Kier alpha value is -1.39. The fraction of sp³-hybridized carbons (Fsp3) is 0.300. The van der Waals surface area contributed by atoms with Crippen molar-refractivity contribution in [3.63, 3.8) is 0 Å². The summed E-state index contributed by atoms with van der Waals surface area (Å²) < 4.78 is 10.7. The molecular formula is C10H12N2O2. The van der Waals surface area contributed by atoms with Gasteiger partial charge < -0.3 is 15.2 Å². The monoisotopic (exact) mass is 192 g/mol. The summed E-state index contributed by atoms with van der Waals surface area (Å²) in [6, 6.07) is 7.36. The van der Waals surface area contributed by atoms with E-state index in [1.54, 1.807) is 6.07 Å². The van der Waals surface area contributed by atoms with E-state index in [4.69, 9.17) is 20.6 Å². The molecule has 0 atom stereocenters. The van der Waals surface area contributed by atoms with Crippen molar-refractivity contribution in [2.45, 2.75) is 6.29 Å². The first-order chi connectivity index (χ1) is 6.77. The van der Waals surface area contributed by atoms with Crippen molar-refractivity contribution in [3.05, 3.63) is 35.4 Å². The maximum Gasteiger partial charge on any atom is 0.184 e. The molecule has 0 radical (unpaired) electrons. The van der Waals surface area contributed by atoms with E-state index in [1.165, 1.54) is 0 Å². The summed E-state index contributed by atoms with van der Waals surface area (Å²) >= 11 is 0. The summed E-state index contributed by atoms with van der Waals surface area (Å²) in [5, 5.41) is 7.30. The van der Waals surface area contributed by atoms with Gasteiger partial charge in [-0.05, 0) is 6.07 Å². The highest BCUT2D eigenvalue weighted by Crippen LogP contribution is 2.23. The van der Waals surface area contributed by atoms with E-state index < -0.39 is 0 Å². The van der Waals surface area contributed by atoms with Crippen molar-refractivity contribution in [2.75, 3.05) is 13.2 Å². The Kier molecular flexibility index (Phi) is 2.47. The number of benzene rings is 1. The summed E-state index contributed by atoms with van der Waals surface area (Å²) in [6.45, 7) is 1.24. The molecule has 1 aromatic rings. The van der Waals surface area contributed by atoms with Crippen molar-refractivity contribution in [3.8, 4) is 0 Å². The highest BCUT2D eigenvalue weighted by atomic mass is 16.7. The molecule has 4 nitrogen and oxygen atoms in total. The van der Waals surface area contributed by atoms with Gasteiger partial charge in [0.15, 0.2) is 6.29 Å². The Balaban J connectivity index is 2.25. The molecule has 0 unspecified atom stereocenters. The van der Waals surface area contributed by atoms with E-state index in [9.17, 15) is 0 Å². The van der Waals surface area contributed by atoms with Gasteiger partial charge in [-0.25, -0.2) is 0 Å². The summed E-state index contributed by atoms with van der Waals surface area (Å²) in [4.78, 5) is 0. The quantitative estimate of drug-likeness (QED) is 0.543. The smallest absolute Gasteiger partial charge is 0.184 e. The van der Waals surface area contributed by atoms with Gasteiger partial charge in [-0.3, -0.25) is 5.41 Å². The third kappa shape index (κ3) is 1.76. The Bertz CT molecular complexity index is 346. The molecule has 1 aromatic carbocycles. The largest absolute Gasteiger partial charge is 0.384 e. The number of nitrogens with two attached hydrogens (primary N) is 1. The number of amidine groups is 1. The zero-order chi connectivity index (χ0) is 9.97. The second kappa shape index (κ2) is 3.77. The first-order valence-electron chi connectivity index (χ1n) is 4.45. The van der Waals surface area contributed by atoms with Gasteiger partial charge in [0, 0.05) is 11.1 Å². The standard InChI is InChI=1S/C10H12N2O2/c11-9(12)7-2-1-3-8(6-7)10-13-4-5-14-10/h1-3,6,10H,4-5H2,(H3,11,12). The lowest BCUT2D eigenvalue weighted by Crippen LogP contribution is -2.11. The molecule has 0 aliphatic carbocycles. The minimum Gasteiger partial charge on any atom is -0.384 e. The molecular weight excluding hydrogens is 180 g/mol. The fourth-order valence-corrected chi connectivity index (χ4v) is 1.40. The number of nitrogens with one attached hydrogen (secondary N) is 1. The van der Waals surface area contributed by atoms with Crippen LogP contribution in [0.25, 0.3) is 0 Å². The van der Waals surface area contributed by atoms with Gasteiger partial charge in [0.1, 0.15) is 5.84 Å². The molecule has 4 heteroatoms. The molecule has 3 N–H and O–H groups in total. The third-order valence-electron chi connectivity index (χ3n) is 2.09. The summed E-state index contributed by atoms with van der Waals surface area (Å²) in [5.41, 5.74) is 6.99. The fourth-order valence-electron chi connectivity index (χ4n) is 1.40. The van der Waals surface area contributed by atoms with Crippen LogP contribution in [0, 0.1) is 5.41 Å². The van der Waals surface area contributed by atoms with E-state index in [1.807, 2.05) is 18.2 Å². The topological polar surface area (TPSA) is 68.3 Å². The first kappa shape index (κ1) is 9.18. The molecule has 1 aliphatic rings. The average Bonchev–Trinajstić information content (AvgIpc) is 2.71. The van der Waals surface area contributed by atoms with Crippen LogP contribution in [0.5, 0.6) is 0 Å². The first-order valence-corrected chi connectivity index (χ1v) is 4.45. The Morgan fingerprint density at radius 2 is 2.07 bits per heavy atom. The van der Waals surface area contributed by atoms with Gasteiger partial charge in [-0.1, -0.05) is 18.2 Å². The zero-order valence-corrected chi connectivity index (χ0v) is 7.69. The number of hydrogen-bond donors (Lipinski definition) is 2. The van der Waals surface area contributed by atoms with E-state index in [0.29, 0.717) is 18.8 Å². The summed E-state index contributed by atoms with van der Waals surface area (Å²) in [5.74, 6) is 0.0600. The number of hydrogen-bond acceptors (Lipinski definition) is 3. The van der Waals surface area contributed by atoms with Crippen LogP contribution in [0.15, 0.2) is 24.3 Å². The molecule has 1 aliphatic heterocycles. The zero-order valence-electron chi connectivity index (χ0n) is 7.69. The number of nitrogen functional groups attached to an aromatic ring is 1. The highest BCUT2D eigenvalue weighted by molar-refractivity contribution is 5.95. The lowest BCUT2D eigenvalue weighted by atomic mass is 10.1. The van der Waals surface area contributed by atoms with Crippen LogP contribution in [-0.4, -0.2) is 19.0 Å². The van der Waals surface area contributed by atoms with Gasteiger partial charge in [0.2, 0.25) is 0 Å². The van der Waals surface area contributed by atoms with Crippen molar-refractivity contribution in [2.24, 2.45) is 5.73 Å². The maximum atomic E-state index is 7.30.